The maximum Gasteiger partial charge on any atom is 0.419 e. The number of hydrogen-bond donors (Lipinski definition) is 0. The van der Waals surface area contributed by atoms with Crippen LogP contribution in [-0.4, -0.2) is 40.4 Å². The fourth-order valence-electron chi connectivity index (χ4n) is 3.99. The molecule has 0 saturated heterocycles. The standard InChI is InChI=1S/C25H25F4N3O4S/c1-14(2)36-22-9-8-17(37(34,35)15(3)4)10-18(22)24(33)31-11-16-12-32(30-20(16)13-31)21-7-5-6-19(23(21)26)25(27,28)29/h5-10,12,14-15H,11,13H2,1-4H3. The van der Waals surface area contributed by atoms with Gasteiger partial charge in [0, 0.05) is 18.3 Å². The van der Waals surface area contributed by atoms with Gasteiger partial charge < -0.3 is 9.64 Å². The monoisotopic (exact) mass is 539 g/mol. The van der Waals surface area contributed by atoms with E-state index in [0.29, 0.717) is 17.3 Å². The Balaban J connectivity index is 1.64. The number of nitrogens with zero attached hydrogens (tertiary/aromatic N) is 3. The van der Waals surface area contributed by atoms with Crippen molar-refractivity contribution in [2.24, 2.45) is 0 Å². The summed E-state index contributed by atoms with van der Waals surface area (Å²) in [5.74, 6) is -1.71. The molecular formula is C25H25F4N3O4S. The van der Waals surface area contributed by atoms with E-state index in [1.807, 2.05) is 0 Å². The molecule has 1 aliphatic rings. The van der Waals surface area contributed by atoms with Gasteiger partial charge in [0.2, 0.25) is 0 Å². The number of benzene rings is 2. The number of hydrogen-bond acceptors (Lipinski definition) is 5. The lowest BCUT2D eigenvalue weighted by Crippen LogP contribution is -2.27. The van der Waals surface area contributed by atoms with Crippen molar-refractivity contribution in [2.45, 2.75) is 63.2 Å². The number of carbonyl (C=O) groups excluding carboxylic acids is 1. The molecule has 0 spiro atoms. The van der Waals surface area contributed by atoms with Gasteiger partial charge in [0.05, 0.1) is 39.6 Å². The van der Waals surface area contributed by atoms with Gasteiger partial charge in [0.1, 0.15) is 11.4 Å². The smallest absolute Gasteiger partial charge is 0.419 e. The molecule has 2 heterocycles. The van der Waals surface area contributed by atoms with E-state index in [2.05, 4.69) is 5.10 Å². The quantitative estimate of drug-likeness (QED) is 0.405. The molecule has 1 amide bonds. The Morgan fingerprint density at radius 2 is 1.78 bits per heavy atom. The molecule has 1 aromatic heterocycles. The molecule has 37 heavy (non-hydrogen) atoms. The number of rotatable bonds is 6. The van der Waals surface area contributed by atoms with Crippen molar-refractivity contribution < 1.29 is 35.5 Å². The maximum atomic E-state index is 14.6. The molecule has 3 aromatic rings. The largest absolute Gasteiger partial charge is 0.490 e. The average molecular weight is 540 g/mol. The normalized spacial score (nSPS) is 13.9. The zero-order valence-corrected chi connectivity index (χ0v) is 21.3. The van der Waals surface area contributed by atoms with Crippen molar-refractivity contribution in [3.05, 3.63) is 70.8 Å². The summed E-state index contributed by atoms with van der Waals surface area (Å²) in [6.07, 6.45) is -3.75. The Hall–Kier alpha value is -3.41. The number of carbonyl (C=O) groups is 1. The summed E-state index contributed by atoms with van der Waals surface area (Å²) in [7, 11) is -3.66. The van der Waals surface area contributed by atoms with E-state index >= 15 is 0 Å². The minimum Gasteiger partial charge on any atom is -0.490 e. The maximum absolute atomic E-state index is 14.6. The van der Waals surface area contributed by atoms with Crippen LogP contribution in [0.3, 0.4) is 0 Å². The Morgan fingerprint density at radius 3 is 2.38 bits per heavy atom. The second-order valence-corrected chi connectivity index (χ2v) is 11.8. The minimum atomic E-state index is -4.85. The molecule has 0 unspecified atom stereocenters. The van der Waals surface area contributed by atoms with E-state index in [1.54, 1.807) is 27.7 Å². The first kappa shape index (κ1) is 26.6. The van der Waals surface area contributed by atoms with Gasteiger partial charge in [-0.15, -0.1) is 0 Å². The number of alkyl halides is 3. The Bertz CT molecular complexity index is 1440. The van der Waals surface area contributed by atoms with E-state index < -0.39 is 38.6 Å². The summed E-state index contributed by atoms with van der Waals surface area (Å²) < 4.78 is 86.1. The lowest BCUT2D eigenvalue weighted by atomic mass is 10.1. The van der Waals surface area contributed by atoms with Crippen LogP contribution >= 0.6 is 0 Å². The number of amides is 1. The summed E-state index contributed by atoms with van der Waals surface area (Å²) in [5, 5.41) is 3.52. The van der Waals surface area contributed by atoms with Crippen LogP contribution in [0.15, 0.2) is 47.5 Å². The number of aromatic nitrogens is 2. The highest BCUT2D eigenvalue weighted by molar-refractivity contribution is 7.92. The van der Waals surface area contributed by atoms with Crippen LogP contribution in [0.5, 0.6) is 5.75 Å². The van der Waals surface area contributed by atoms with Gasteiger partial charge >= 0.3 is 6.18 Å². The zero-order valence-electron chi connectivity index (χ0n) is 20.5. The predicted molar refractivity (Wildman–Crippen MR) is 127 cm³/mol. The molecule has 0 bridgehead atoms. The molecule has 0 saturated carbocycles. The first-order valence-corrected chi connectivity index (χ1v) is 13.0. The third-order valence-corrected chi connectivity index (χ3v) is 8.04. The van der Waals surface area contributed by atoms with Gasteiger partial charge in [-0.05, 0) is 58.0 Å². The van der Waals surface area contributed by atoms with Crippen LogP contribution in [0.1, 0.15) is 54.9 Å². The van der Waals surface area contributed by atoms with Gasteiger partial charge in [-0.1, -0.05) is 6.07 Å². The highest BCUT2D eigenvalue weighted by atomic mass is 32.2. The van der Waals surface area contributed by atoms with Crippen molar-refractivity contribution in [1.29, 1.82) is 0 Å². The Labute approximate surface area is 211 Å². The highest BCUT2D eigenvalue weighted by Gasteiger charge is 2.36. The van der Waals surface area contributed by atoms with Crippen LogP contribution in [0.2, 0.25) is 0 Å². The molecule has 4 rings (SSSR count). The third-order valence-electron chi connectivity index (χ3n) is 5.89. The average Bonchev–Trinajstić information content (AvgIpc) is 3.37. The van der Waals surface area contributed by atoms with Crippen LogP contribution in [0.4, 0.5) is 17.6 Å². The van der Waals surface area contributed by atoms with E-state index in [1.165, 1.54) is 35.4 Å². The van der Waals surface area contributed by atoms with Crippen LogP contribution in [0.25, 0.3) is 5.69 Å². The summed E-state index contributed by atoms with van der Waals surface area (Å²) in [4.78, 5) is 14.9. The van der Waals surface area contributed by atoms with Crippen molar-refractivity contribution >= 4 is 15.7 Å². The lowest BCUT2D eigenvalue weighted by molar-refractivity contribution is -0.140. The van der Waals surface area contributed by atoms with Gasteiger partial charge in [-0.2, -0.15) is 18.3 Å². The third kappa shape index (κ3) is 5.07. The molecule has 2 aromatic carbocycles. The Kier molecular flexibility index (Phi) is 6.82. The van der Waals surface area contributed by atoms with E-state index in [-0.39, 0.29) is 41.1 Å². The SMILES string of the molecule is CC(C)Oc1ccc(S(=O)(=O)C(C)C)cc1C(=O)N1Cc2cn(-c3cccc(C(F)(F)F)c3F)nc2C1. The molecular weight excluding hydrogens is 514 g/mol. The van der Waals surface area contributed by atoms with Gasteiger partial charge in [-0.25, -0.2) is 17.5 Å². The number of halogens is 4. The van der Waals surface area contributed by atoms with Gasteiger partial charge in [-0.3, -0.25) is 4.79 Å². The number of fused-ring (bicyclic) bond motifs is 1. The fraction of sp³-hybridized carbons (Fsp3) is 0.360. The van der Waals surface area contributed by atoms with Crippen LogP contribution < -0.4 is 4.74 Å². The fourth-order valence-corrected chi connectivity index (χ4v) is 5.07. The second-order valence-electron chi connectivity index (χ2n) is 9.26. The molecule has 0 fully saturated rings. The van der Waals surface area contributed by atoms with Crippen molar-refractivity contribution in [3.8, 4) is 11.4 Å². The van der Waals surface area contributed by atoms with Crippen molar-refractivity contribution in [1.82, 2.24) is 14.7 Å². The summed E-state index contributed by atoms with van der Waals surface area (Å²) in [6, 6.07) is 7.08. The van der Waals surface area contributed by atoms with Crippen LogP contribution in [-0.2, 0) is 29.1 Å². The number of ether oxygens (including phenoxy) is 1. The highest BCUT2D eigenvalue weighted by Crippen LogP contribution is 2.35. The molecule has 7 nitrogen and oxygen atoms in total. The van der Waals surface area contributed by atoms with Gasteiger partial charge in [0.15, 0.2) is 15.7 Å². The van der Waals surface area contributed by atoms with Gasteiger partial charge in [0.25, 0.3) is 5.91 Å². The van der Waals surface area contributed by atoms with E-state index in [9.17, 15) is 30.8 Å². The first-order chi connectivity index (χ1) is 17.2. The predicted octanol–water partition coefficient (Wildman–Crippen LogP) is 5.16. The summed E-state index contributed by atoms with van der Waals surface area (Å²) in [6.45, 7) is 6.69. The molecule has 198 valence electrons. The van der Waals surface area contributed by atoms with E-state index in [0.717, 1.165) is 10.7 Å². The lowest BCUT2D eigenvalue weighted by Gasteiger charge is -2.20. The molecule has 0 aliphatic carbocycles. The minimum absolute atomic E-state index is 0.00399. The summed E-state index contributed by atoms with van der Waals surface area (Å²) in [5.41, 5.74) is -0.769. The van der Waals surface area contributed by atoms with Crippen LogP contribution in [0, 0.1) is 5.82 Å². The van der Waals surface area contributed by atoms with Crippen molar-refractivity contribution in [2.75, 3.05) is 0 Å². The molecule has 1 aliphatic heterocycles. The topological polar surface area (TPSA) is 81.5 Å². The first-order valence-electron chi connectivity index (χ1n) is 11.5. The van der Waals surface area contributed by atoms with Crippen molar-refractivity contribution in [3.63, 3.8) is 0 Å². The molecule has 0 radical (unpaired) electrons. The van der Waals surface area contributed by atoms with E-state index in [4.69, 9.17) is 4.74 Å². The molecule has 12 heteroatoms. The molecule has 0 atom stereocenters. The molecule has 0 N–H and O–H groups in total. The summed E-state index contributed by atoms with van der Waals surface area (Å²) >= 11 is 0. The Morgan fingerprint density at radius 1 is 1.08 bits per heavy atom. The zero-order chi connectivity index (χ0) is 27.3. The number of sulfone groups is 1. The second kappa shape index (κ2) is 9.47.